The highest BCUT2D eigenvalue weighted by molar-refractivity contribution is 6.02. The summed E-state index contributed by atoms with van der Waals surface area (Å²) in [4.78, 5) is 4.63. The molecule has 0 radical (unpaired) electrons. The van der Waals surface area contributed by atoms with Crippen molar-refractivity contribution in [3.05, 3.63) is 66.2 Å². The maximum atomic E-state index is 6.06. The van der Waals surface area contributed by atoms with Gasteiger partial charge in [-0.25, -0.2) is 0 Å². The van der Waals surface area contributed by atoms with Gasteiger partial charge in [-0.15, -0.1) is 0 Å². The number of benzene rings is 3. The van der Waals surface area contributed by atoms with Crippen molar-refractivity contribution in [3.63, 3.8) is 0 Å². The number of aliphatic imine (C=N–C) groups is 1. The molecule has 3 rings (SSSR count). The van der Waals surface area contributed by atoms with Crippen LogP contribution >= 0.6 is 0 Å². The lowest BCUT2D eigenvalue weighted by molar-refractivity contribution is 0.308. The van der Waals surface area contributed by atoms with Crippen molar-refractivity contribution in [3.8, 4) is 11.5 Å². The van der Waals surface area contributed by atoms with Crippen molar-refractivity contribution in [2.75, 3.05) is 13.2 Å². The van der Waals surface area contributed by atoms with Gasteiger partial charge < -0.3 is 9.47 Å². The summed E-state index contributed by atoms with van der Waals surface area (Å²) in [6.07, 6.45) is 6.75. The second kappa shape index (κ2) is 10.5. The fourth-order valence-corrected chi connectivity index (χ4v) is 3.18. The van der Waals surface area contributed by atoms with E-state index < -0.39 is 0 Å². The van der Waals surface area contributed by atoms with Crippen LogP contribution < -0.4 is 9.47 Å². The first-order chi connectivity index (χ1) is 13.8. The minimum absolute atomic E-state index is 0.668. The Morgan fingerprint density at radius 3 is 2.32 bits per heavy atom. The highest BCUT2D eigenvalue weighted by atomic mass is 16.5. The molecule has 0 heterocycles. The van der Waals surface area contributed by atoms with Gasteiger partial charge in [0.2, 0.25) is 0 Å². The number of hydrogen-bond acceptors (Lipinski definition) is 3. The molecular formula is C25H29NO2. The summed E-state index contributed by atoms with van der Waals surface area (Å²) >= 11 is 0. The molecule has 0 fully saturated rings. The average molecular weight is 376 g/mol. The highest BCUT2D eigenvalue weighted by Gasteiger charge is 2.05. The number of fused-ring (bicyclic) bond motifs is 1. The number of rotatable bonds is 10. The Bertz CT molecular complexity index is 900. The average Bonchev–Trinajstić information content (AvgIpc) is 2.74. The van der Waals surface area contributed by atoms with Crippen LogP contribution in [0.25, 0.3) is 10.8 Å². The third-order valence-electron chi connectivity index (χ3n) is 4.67. The van der Waals surface area contributed by atoms with Gasteiger partial charge in [-0.1, -0.05) is 50.5 Å². The fourth-order valence-electron chi connectivity index (χ4n) is 3.18. The quantitative estimate of drug-likeness (QED) is 0.283. The molecule has 3 heteroatoms. The molecule has 28 heavy (non-hydrogen) atoms. The van der Waals surface area contributed by atoms with Crippen molar-refractivity contribution in [2.24, 2.45) is 4.99 Å². The van der Waals surface area contributed by atoms with Crippen molar-refractivity contribution in [1.29, 1.82) is 0 Å². The molecule has 0 aliphatic heterocycles. The SMILES string of the molecule is CCCCCCOc1ccc(C=Nc2ccc(OCC)cc2)c2ccccc12. The van der Waals surface area contributed by atoms with E-state index in [4.69, 9.17) is 9.47 Å². The summed E-state index contributed by atoms with van der Waals surface area (Å²) in [6.45, 7) is 5.64. The largest absolute Gasteiger partial charge is 0.494 e. The first-order valence-electron chi connectivity index (χ1n) is 10.2. The van der Waals surface area contributed by atoms with E-state index in [-0.39, 0.29) is 0 Å². The molecule has 0 atom stereocenters. The summed E-state index contributed by atoms with van der Waals surface area (Å²) in [6, 6.07) is 20.3. The molecule has 3 nitrogen and oxygen atoms in total. The predicted molar refractivity (Wildman–Crippen MR) is 118 cm³/mol. The molecule has 0 bridgehead atoms. The predicted octanol–water partition coefficient (Wildman–Crippen LogP) is 6.95. The van der Waals surface area contributed by atoms with Crippen LogP contribution in [0.4, 0.5) is 5.69 Å². The molecule has 146 valence electrons. The van der Waals surface area contributed by atoms with Crippen LogP contribution in [0, 0.1) is 0 Å². The molecule has 0 aromatic heterocycles. The summed E-state index contributed by atoms with van der Waals surface area (Å²) < 4.78 is 11.5. The molecule has 0 saturated carbocycles. The molecule has 3 aromatic carbocycles. The minimum atomic E-state index is 0.668. The number of ether oxygens (including phenoxy) is 2. The van der Waals surface area contributed by atoms with Gasteiger partial charge in [-0.05, 0) is 55.1 Å². The van der Waals surface area contributed by atoms with E-state index >= 15 is 0 Å². The number of nitrogens with zero attached hydrogens (tertiary/aromatic N) is 1. The van der Waals surface area contributed by atoms with Crippen LogP contribution in [0.5, 0.6) is 11.5 Å². The summed E-state index contributed by atoms with van der Waals surface area (Å²) in [5.74, 6) is 1.82. The monoisotopic (exact) mass is 375 g/mol. The number of hydrogen-bond donors (Lipinski definition) is 0. The van der Waals surface area contributed by atoms with E-state index in [0.717, 1.165) is 46.6 Å². The minimum Gasteiger partial charge on any atom is -0.494 e. The van der Waals surface area contributed by atoms with Gasteiger partial charge in [0.1, 0.15) is 11.5 Å². The van der Waals surface area contributed by atoms with Gasteiger partial charge in [0.25, 0.3) is 0 Å². The molecule has 0 aliphatic carbocycles. The molecule has 0 N–H and O–H groups in total. The zero-order valence-electron chi connectivity index (χ0n) is 16.9. The Hall–Kier alpha value is -2.81. The zero-order chi connectivity index (χ0) is 19.6. The molecule has 0 aliphatic rings. The summed E-state index contributed by atoms with van der Waals surface area (Å²) in [5.41, 5.74) is 1.99. The van der Waals surface area contributed by atoms with E-state index in [0.29, 0.717) is 6.61 Å². The van der Waals surface area contributed by atoms with E-state index in [1.165, 1.54) is 19.3 Å². The second-order valence-electron chi connectivity index (χ2n) is 6.79. The Labute approximate surface area is 168 Å². The first-order valence-corrected chi connectivity index (χ1v) is 10.2. The van der Waals surface area contributed by atoms with Crippen molar-refractivity contribution in [2.45, 2.75) is 39.5 Å². The van der Waals surface area contributed by atoms with E-state index in [1.807, 2.05) is 37.4 Å². The van der Waals surface area contributed by atoms with Gasteiger partial charge in [0.05, 0.1) is 18.9 Å². The Balaban J connectivity index is 1.75. The van der Waals surface area contributed by atoms with Crippen LogP contribution in [0.15, 0.2) is 65.7 Å². The third-order valence-corrected chi connectivity index (χ3v) is 4.67. The topological polar surface area (TPSA) is 30.8 Å². The van der Waals surface area contributed by atoms with E-state index in [1.54, 1.807) is 0 Å². The van der Waals surface area contributed by atoms with Crippen molar-refractivity contribution >= 4 is 22.7 Å². The maximum absolute atomic E-state index is 6.06. The van der Waals surface area contributed by atoms with Crippen LogP contribution in [-0.4, -0.2) is 19.4 Å². The van der Waals surface area contributed by atoms with Gasteiger partial charge >= 0.3 is 0 Å². The molecular weight excluding hydrogens is 346 g/mol. The van der Waals surface area contributed by atoms with Crippen molar-refractivity contribution in [1.82, 2.24) is 0 Å². The lowest BCUT2D eigenvalue weighted by Crippen LogP contribution is -1.98. The number of unbranched alkanes of at least 4 members (excludes halogenated alkanes) is 3. The summed E-state index contributed by atoms with van der Waals surface area (Å²) in [7, 11) is 0. The molecule has 3 aromatic rings. The van der Waals surface area contributed by atoms with Gasteiger partial charge in [0, 0.05) is 17.2 Å². The third kappa shape index (κ3) is 5.35. The van der Waals surface area contributed by atoms with Crippen LogP contribution in [0.1, 0.15) is 45.1 Å². The van der Waals surface area contributed by atoms with Crippen LogP contribution in [-0.2, 0) is 0 Å². The van der Waals surface area contributed by atoms with E-state index in [2.05, 4.69) is 48.3 Å². The Kier molecular flexibility index (Phi) is 7.48. The molecule has 0 spiro atoms. The van der Waals surface area contributed by atoms with Gasteiger partial charge in [-0.3, -0.25) is 4.99 Å². The standard InChI is InChI=1S/C25H29NO2/c1-3-5-6-9-18-28-25-17-12-20(23-10-7-8-11-24(23)25)19-26-21-13-15-22(16-14-21)27-4-2/h7-8,10-17,19H,3-6,9,18H2,1-2H3. The normalized spacial score (nSPS) is 11.2. The zero-order valence-corrected chi connectivity index (χ0v) is 16.9. The van der Waals surface area contributed by atoms with Crippen LogP contribution in [0.2, 0.25) is 0 Å². The Morgan fingerprint density at radius 2 is 1.57 bits per heavy atom. The van der Waals surface area contributed by atoms with Gasteiger partial charge in [0.15, 0.2) is 0 Å². The van der Waals surface area contributed by atoms with E-state index in [9.17, 15) is 0 Å². The van der Waals surface area contributed by atoms with Crippen LogP contribution in [0.3, 0.4) is 0 Å². The molecule has 0 unspecified atom stereocenters. The molecule has 0 saturated heterocycles. The lowest BCUT2D eigenvalue weighted by atomic mass is 10.0. The van der Waals surface area contributed by atoms with Gasteiger partial charge in [-0.2, -0.15) is 0 Å². The maximum Gasteiger partial charge on any atom is 0.127 e. The molecule has 0 amide bonds. The smallest absolute Gasteiger partial charge is 0.127 e. The lowest BCUT2D eigenvalue weighted by Gasteiger charge is -2.11. The summed E-state index contributed by atoms with van der Waals surface area (Å²) in [5, 5.41) is 2.29. The fraction of sp³-hybridized carbons (Fsp3) is 0.320. The Morgan fingerprint density at radius 1 is 0.786 bits per heavy atom. The second-order valence-corrected chi connectivity index (χ2v) is 6.79. The highest BCUT2D eigenvalue weighted by Crippen LogP contribution is 2.28. The van der Waals surface area contributed by atoms with Crippen molar-refractivity contribution < 1.29 is 9.47 Å². The first kappa shape index (κ1) is 19.9.